The first kappa shape index (κ1) is 24.7. The van der Waals surface area contributed by atoms with Crippen molar-refractivity contribution in [3.05, 3.63) is 77.6 Å². The van der Waals surface area contributed by atoms with Crippen molar-refractivity contribution < 1.29 is 23.8 Å². The lowest BCUT2D eigenvalue weighted by Gasteiger charge is -2.80. The number of aromatic carboxylic acids is 1. The number of benzene rings is 1. The molecule has 4 aromatic rings. The van der Waals surface area contributed by atoms with Crippen molar-refractivity contribution in [2.45, 2.75) is 62.7 Å². The van der Waals surface area contributed by atoms with Gasteiger partial charge in [0.25, 0.3) is 0 Å². The van der Waals surface area contributed by atoms with E-state index in [9.17, 15) is 14.3 Å². The number of anilines is 1. The molecule has 10 nitrogen and oxygen atoms in total. The number of ether oxygens (including phenoxy) is 2. The molecule has 41 heavy (non-hydrogen) atoms. The molecule has 6 heterocycles. The molecule has 210 valence electrons. The number of carboxylic acid groups (broad SMARTS) is 1. The van der Waals surface area contributed by atoms with Gasteiger partial charge in [-0.2, -0.15) is 4.98 Å². The third kappa shape index (κ3) is 3.75. The third-order valence-electron chi connectivity index (χ3n) is 9.42. The molecule has 4 fully saturated rings. The number of nitrogens with zero attached hydrogens (tertiary/aromatic N) is 6. The molecule has 3 aromatic heterocycles. The number of hydrogen-bond acceptors (Lipinski definition) is 8. The summed E-state index contributed by atoms with van der Waals surface area (Å²) in [6, 6.07) is 13.3. The smallest absolute Gasteiger partial charge is 0.335 e. The second kappa shape index (κ2) is 9.22. The van der Waals surface area contributed by atoms with Gasteiger partial charge in [-0.15, -0.1) is 0 Å². The number of halogens is 1. The molecule has 1 aliphatic carbocycles. The lowest BCUT2D eigenvalue weighted by atomic mass is 9.52. The molecule has 0 radical (unpaired) electrons. The van der Waals surface area contributed by atoms with E-state index in [0.717, 1.165) is 55.1 Å². The first-order chi connectivity index (χ1) is 20.0. The monoisotopic (exact) mass is 556 g/mol. The summed E-state index contributed by atoms with van der Waals surface area (Å²) in [4.78, 5) is 30.1. The van der Waals surface area contributed by atoms with Gasteiger partial charge >= 0.3 is 5.97 Å². The van der Waals surface area contributed by atoms with E-state index in [1.54, 1.807) is 36.5 Å². The van der Waals surface area contributed by atoms with Gasteiger partial charge in [0, 0.05) is 31.0 Å². The van der Waals surface area contributed by atoms with Gasteiger partial charge in [0.2, 0.25) is 5.88 Å². The zero-order valence-corrected chi connectivity index (χ0v) is 22.3. The summed E-state index contributed by atoms with van der Waals surface area (Å²) >= 11 is 0. The number of likely N-dealkylation sites (tertiary alicyclic amines) is 1. The van der Waals surface area contributed by atoms with E-state index in [1.165, 1.54) is 6.20 Å². The fourth-order valence-corrected chi connectivity index (χ4v) is 7.07. The van der Waals surface area contributed by atoms with Crippen LogP contribution in [0.2, 0.25) is 0 Å². The maximum absolute atomic E-state index is 14.0. The number of fused-ring (bicyclic) bond motifs is 1. The predicted molar refractivity (Wildman–Crippen MR) is 146 cm³/mol. The van der Waals surface area contributed by atoms with E-state index >= 15 is 0 Å². The van der Waals surface area contributed by atoms with Gasteiger partial charge in [0.05, 0.1) is 59.6 Å². The number of rotatable bonds is 9. The molecule has 1 N–H and O–H groups in total. The van der Waals surface area contributed by atoms with E-state index in [1.807, 2.05) is 12.1 Å². The van der Waals surface area contributed by atoms with E-state index in [-0.39, 0.29) is 23.8 Å². The van der Waals surface area contributed by atoms with Gasteiger partial charge in [0.15, 0.2) is 0 Å². The van der Waals surface area contributed by atoms with Crippen LogP contribution >= 0.6 is 0 Å². The van der Waals surface area contributed by atoms with Gasteiger partial charge in [-0.05, 0) is 49.6 Å². The number of carboxylic acids is 1. The summed E-state index contributed by atoms with van der Waals surface area (Å²) < 4.78 is 27.7. The Morgan fingerprint density at radius 1 is 1.17 bits per heavy atom. The highest BCUT2D eigenvalue weighted by atomic mass is 19.1. The fourth-order valence-electron chi connectivity index (χ4n) is 7.07. The second-order valence-electron chi connectivity index (χ2n) is 11.4. The summed E-state index contributed by atoms with van der Waals surface area (Å²) in [6.07, 6.45) is 6.09. The molecule has 1 aromatic carbocycles. The molecule has 1 saturated carbocycles. The summed E-state index contributed by atoms with van der Waals surface area (Å²) in [7, 11) is 0. The molecule has 0 bridgehead atoms. The van der Waals surface area contributed by atoms with E-state index < -0.39 is 11.8 Å². The Kier molecular flexibility index (Phi) is 5.55. The van der Waals surface area contributed by atoms with Crippen LogP contribution in [-0.2, 0) is 24.4 Å². The van der Waals surface area contributed by atoms with Gasteiger partial charge in [-0.3, -0.25) is 9.88 Å². The Hall–Kier alpha value is -4.09. The first-order valence-corrected chi connectivity index (χ1v) is 14.1. The van der Waals surface area contributed by atoms with E-state index in [4.69, 9.17) is 19.4 Å². The van der Waals surface area contributed by atoms with Crippen molar-refractivity contribution in [2.75, 3.05) is 18.1 Å². The minimum absolute atomic E-state index is 0.0935. The number of piperazine rings is 1. The predicted octanol–water partition coefficient (Wildman–Crippen LogP) is 3.64. The molecule has 3 unspecified atom stereocenters. The largest absolute Gasteiger partial charge is 0.478 e. The number of pyridine rings is 2. The number of imidazole rings is 1. The van der Waals surface area contributed by atoms with Crippen molar-refractivity contribution in [1.82, 2.24) is 24.4 Å². The molecule has 0 amide bonds. The summed E-state index contributed by atoms with van der Waals surface area (Å²) in [5, 5.41) is 9.55. The van der Waals surface area contributed by atoms with Crippen molar-refractivity contribution in [1.29, 1.82) is 0 Å². The molecule has 11 heteroatoms. The fraction of sp³-hybridized carbons (Fsp3) is 0.400. The van der Waals surface area contributed by atoms with Crippen molar-refractivity contribution in [3.63, 3.8) is 0 Å². The van der Waals surface area contributed by atoms with Crippen LogP contribution in [0.15, 0.2) is 54.9 Å². The van der Waals surface area contributed by atoms with E-state index in [0.29, 0.717) is 36.6 Å². The summed E-state index contributed by atoms with van der Waals surface area (Å²) in [6.45, 7) is 3.14. The highest BCUT2D eigenvalue weighted by Crippen LogP contribution is 2.61. The molecule has 4 atom stereocenters. The Labute approximate surface area is 235 Å². The van der Waals surface area contributed by atoms with Crippen LogP contribution in [0.4, 0.5) is 10.2 Å². The second-order valence-corrected chi connectivity index (χ2v) is 11.4. The highest BCUT2D eigenvalue weighted by molar-refractivity contribution is 5.92. The Morgan fingerprint density at radius 2 is 2.07 bits per heavy atom. The average molecular weight is 557 g/mol. The molecule has 8 rings (SSSR count). The van der Waals surface area contributed by atoms with Gasteiger partial charge in [-0.25, -0.2) is 14.2 Å². The molecule has 4 aliphatic rings. The van der Waals surface area contributed by atoms with Gasteiger partial charge < -0.3 is 24.0 Å². The first-order valence-electron chi connectivity index (χ1n) is 14.1. The topological polar surface area (TPSA) is 106 Å². The van der Waals surface area contributed by atoms with Crippen LogP contribution in [0.5, 0.6) is 5.88 Å². The Morgan fingerprint density at radius 3 is 2.80 bits per heavy atom. The van der Waals surface area contributed by atoms with Crippen molar-refractivity contribution in [3.8, 4) is 5.88 Å². The number of carbonyl (C=O) groups is 1. The Balaban J connectivity index is 1.00. The lowest BCUT2D eigenvalue weighted by Crippen LogP contribution is -2.96. The van der Waals surface area contributed by atoms with Crippen LogP contribution in [0, 0.1) is 5.82 Å². The number of piperidine rings is 1. The zero-order valence-electron chi connectivity index (χ0n) is 22.3. The maximum atomic E-state index is 14.0. The molecule has 3 aliphatic heterocycles. The molecular formula is C30H29FN6O4. The standard InChI is InChI=1S/C30H29FN6O4/c31-21-13-32-10-7-19(21)17-41-28-3-1-2-26(34-28)37-24-6-9-30(24)25(37)15-35(30)16-27-33-22-5-4-18(29(38)39)12-23(22)36(27)14-20-8-11-40-20/h1-5,7,10,12-13,20,24-25H,6,8-9,11,14-17H2,(H,38,39)/t20-,24?,25?,30?/m0/s1. The van der Waals surface area contributed by atoms with Crippen LogP contribution in [-0.4, -0.2) is 72.4 Å². The average Bonchev–Trinajstić information content (AvgIpc) is 3.26. The molecule has 3 saturated heterocycles. The summed E-state index contributed by atoms with van der Waals surface area (Å²) in [5.41, 5.74) is 2.48. The zero-order chi connectivity index (χ0) is 27.7. The molecular weight excluding hydrogens is 527 g/mol. The minimum atomic E-state index is -0.940. The normalized spacial score (nSPS) is 26.3. The van der Waals surface area contributed by atoms with Crippen LogP contribution in [0.1, 0.15) is 41.0 Å². The lowest BCUT2D eigenvalue weighted by molar-refractivity contribution is -0.183. The SMILES string of the molecule is O=C(O)c1ccc2nc(CN3CC4N(c5cccc(OCc6ccncc6F)n5)C5CCC543)n(C[C@@H]3CCO3)c2c1. The quantitative estimate of drug-likeness (QED) is 0.331. The summed E-state index contributed by atoms with van der Waals surface area (Å²) in [5.74, 6) is 0.978. The van der Waals surface area contributed by atoms with Crippen LogP contribution in [0.25, 0.3) is 11.0 Å². The third-order valence-corrected chi connectivity index (χ3v) is 9.42. The maximum Gasteiger partial charge on any atom is 0.335 e. The highest BCUT2D eigenvalue weighted by Gasteiger charge is 2.75. The van der Waals surface area contributed by atoms with Gasteiger partial charge in [-0.1, -0.05) is 6.07 Å². The van der Waals surface area contributed by atoms with Crippen molar-refractivity contribution in [2.24, 2.45) is 0 Å². The molecule has 1 spiro atoms. The minimum Gasteiger partial charge on any atom is -0.478 e. The van der Waals surface area contributed by atoms with E-state index in [2.05, 4.69) is 19.4 Å². The number of aromatic nitrogens is 4. The number of hydrogen-bond donors (Lipinski definition) is 1. The van der Waals surface area contributed by atoms with Crippen LogP contribution < -0.4 is 9.64 Å². The Bertz CT molecular complexity index is 1670. The van der Waals surface area contributed by atoms with Gasteiger partial charge in [0.1, 0.15) is 24.1 Å². The van der Waals surface area contributed by atoms with Crippen LogP contribution in [0.3, 0.4) is 0 Å². The van der Waals surface area contributed by atoms with Crippen molar-refractivity contribution >= 4 is 22.8 Å².